The molecular formula is C12H15FO2S. The van der Waals surface area contributed by atoms with E-state index < -0.39 is 0 Å². The summed E-state index contributed by atoms with van der Waals surface area (Å²) in [6.45, 7) is 0.593. The second-order valence-electron chi connectivity index (χ2n) is 3.35. The van der Waals surface area contributed by atoms with E-state index in [2.05, 4.69) is 0 Å². The molecule has 0 atom stereocenters. The molecular weight excluding hydrogens is 227 g/mol. The van der Waals surface area contributed by atoms with E-state index in [1.807, 2.05) is 0 Å². The van der Waals surface area contributed by atoms with Crippen LogP contribution in [0.5, 0.6) is 0 Å². The Labute approximate surface area is 99.2 Å². The van der Waals surface area contributed by atoms with Gasteiger partial charge in [-0.2, -0.15) is 0 Å². The van der Waals surface area contributed by atoms with Gasteiger partial charge >= 0.3 is 0 Å². The standard InChI is InChI=1S/C12H15FO2S/c1-15-8-4-5-10(14)9-16-12-7-3-2-6-11(12)13/h2-3,6-7H,4-5,8-9H2,1H3. The molecule has 0 saturated heterocycles. The first kappa shape index (κ1) is 13.2. The summed E-state index contributed by atoms with van der Waals surface area (Å²) in [4.78, 5) is 11.9. The number of rotatable bonds is 7. The van der Waals surface area contributed by atoms with E-state index >= 15 is 0 Å². The minimum atomic E-state index is -0.266. The Bertz CT molecular complexity index is 342. The number of benzene rings is 1. The van der Waals surface area contributed by atoms with Crippen LogP contribution in [0.25, 0.3) is 0 Å². The fraction of sp³-hybridized carbons (Fsp3) is 0.417. The van der Waals surface area contributed by atoms with Crippen molar-refractivity contribution in [1.82, 2.24) is 0 Å². The number of thioether (sulfide) groups is 1. The van der Waals surface area contributed by atoms with Crippen molar-refractivity contribution in [2.75, 3.05) is 19.5 Å². The lowest BCUT2D eigenvalue weighted by Gasteiger charge is -2.02. The van der Waals surface area contributed by atoms with E-state index in [4.69, 9.17) is 4.74 Å². The van der Waals surface area contributed by atoms with Gasteiger partial charge in [-0.15, -0.1) is 11.8 Å². The first-order valence-corrected chi connectivity index (χ1v) is 6.10. The molecule has 2 nitrogen and oxygen atoms in total. The van der Waals surface area contributed by atoms with E-state index in [1.165, 1.54) is 17.8 Å². The van der Waals surface area contributed by atoms with Crippen LogP contribution < -0.4 is 0 Å². The third-order valence-electron chi connectivity index (χ3n) is 2.03. The van der Waals surface area contributed by atoms with Gasteiger partial charge in [0.05, 0.1) is 5.75 Å². The predicted molar refractivity (Wildman–Crippen MR) is 63.2 cm³/mol. The number of carbonyl (C=O) groups is 1. The first-order chi connectivity index (χ1) is 7.74. The molecule has 0 fully saturated rings. The molecule has 0 aliphatic rings. The average Bonchev–Trinajstić information content (AvgIpc) is 2.28. The quantitative estimate of drug-likeness (QED) is 0.543. The van der Waals surface area contributed by atoms with Gasteiger partial charge in [-0.25, -0.2) is 4.39 Å². The van der Waals surface area contributed by atoms with Crippen molar-refractivity contribution >= 4 is 17.5 Å². The number of halogens is 1. The second kappa shape index (κ2) is 7.41. The summed E-state index contributed by atoms with van der Waals surface area (Å²) < 4.78 is 18.0. The highest BCUT2D eigenvalue weighted by Gasteiger charge is 2.05. The molecule has 0 unspecified atom stereocenters. The second-order valence-corrected chi connectivity index (χ2v) is 4.37. The molecule has 0 saturated carbocycles. The zero-order valence-electron chi connectivity index (χ0n) is 9.24. The summed E-state index contributed by atoms with van der Waals surface area (Å²) in [7, 11) is 1.61. The summed E-state index contributed by atoms with van der Waals surface area (Å²) in [5, 5.41) is 0. The van der Waals surface area contributed by atoms with Crippen LogP contribution in [-0.2, 0) is 9.53 Å². The van der Waals surface area contributed by atoms with E-state index in [-0.39, 0.29) is 11.6 Å². The predicted octanol–water partition coefficient (Wildman–Crippen LogP) is 2.91. The summed E-state index contributed by atoms with van der Waals surface area (Å²) in [6.07, 6.45) is 1.22. The molecule has 0 heterocycles. The number of Topliss-reactive ketones (excluding diaryl/α,β-unsaturated/α-hetero) is 1. The maximum Gasteiger partial charge on any atom is 0.143 e. The molecule has 1 rings (SSSR count). The summed E-state index contributed by atoms with van der Waals surface area (Å²) in [6, 6.07) is 6.49. The third kappa shape index (κ3) is 4.77. The van der Waals surface area contributed by atoms with Crippen molar-refractivity contribution in [2.24, 2.45) is 0 Å². The molecule has 0 aliphatic carbocycles. The van der Waals surface area contributed by atoms with Gasteiger partial charge in [0, 0.05) is 25.0 Å². The Morgan fingerprint density at radius 2 is 2.19 bits per heavy atom. The van der Waals surface area contributed by atoms with E-state index in [0.717, 1.165) is 6.42 Å². The molecule has 0 bridgehead atoms. The molecule has 0 amide bonds. The van der Waals surface area contributed by atoms with Gasteiger partial charge in [-0.3, -0.25) is 4.79 Å². The third-order valence-corrected chi connectivity index (χ3v) is 3.14. The summed E-state index contributed by atoms with van der Waals surface area (Å²) in [5.41, 5.74) is 0. The summed E-state index contributed by atoms with van der Waals surface area (Å²) >= 11 is 1.25. The lowest BCUT2D eigenvalue weighted by Crippen LogP contribution is -2.03. The van der Waals surface area contributed by atoms with Crippen molar-refractivity contribution in [3.05, 3.63) is 30.1 Å². The van der Waals surface area contributed by atoms with Crippen LogP contribution in [-0.4, -0.2) is 25.3 Å². The van der Waals surface area contributed by atoms with Gasteiger partial charge in [0.2, 0.25) is 0 Å². The van der Waals surface area contributed by atoms with Crippen LogP contribution in [0.3, 0.4) is 0 Å². The SMILES string of the molecule is COCCCC(=O)CSc1ccccc1F. The molecule has 0 aromatic heterocycles. The molecule has 4 heteroatoms. The van der Waals surface area contributed by atoms with Crippen LogP contribution in [0.1, 0.15) is 12.8 Å². The van der Waals surface area contributed by atoms with Crippen molar-refractivity contribution in [3.63, 3.8) is 0 Å². The van der Waals surface area contributed by atoms with E-state index in [0.29, 0.717) is 23.7 Å². The first-order valence-electron chi connectivity index (χ1n) is 5.12. The van der Waals surface area contributed by atoms with Gasteiger partial charge in [-0.1, -0.05) is 12.1 Å². The van der Waals surface area contributed by atoms with Crippen molar-refractivity contribution in [3.8, 4) is 0 Å². The van der Waals surface area contributed by atoms with Crippen molar-refractivity contribution in [1.29, 1.82) is 0 Å². The van der Waals surface area contributed by atoms with Crippen molar-refractivity contribution in [2.45, 2.75) is 17.7 Å². The molecule has 0 radical (unpaired) electrons. The monoisotopic (exact) mass is 242 g/mol. The highest BCUT2D eigenvalue weighted by molar-refractivity contribution is 8.00. The maximum absolute atomic E-state index is 13.2. The van der Waals surface area contributed by atoms with Gasteiger partial charge < -0.3 is 4.74 Å². The Morgan fingerprint density at radius 1 is 1.44 bits per heavy atom. The molecule has 88 valence electrons. The van der Waals surface area contributed by atoms with E-state index in [1.54, 1.807) is 25.3 Å². The average molecular weight is 242 g/mol. The Morgan fingerprint density at radius 3 is 2.88 bits per heavy atom. The Hall–Kier alpha value is -0.870. The zero-order chi connectivity index (χ0) is 11.8. The number of methoxy groups -OCH3 is 1. The van der Waals surface area contributed by atoms with Gasteiger partial charge in [0.15, 0.2) is 0 Å². The van der Waals surface area contributed by atoms with Crippen LogP contribution in [0.15, 0.2) is 29.2 Å². The van der Waals surface area contributed by atoms with Gasteiger partial charge in [0.1, 0.15) is 11.6 Å². The molecule has 1 aromatic carbocycles. The highest BCUT2D eigenvalue weighted by atomic mass is 32.2. The number of carbonyl (C=O) groups excluding carboxylic acids is 1. The minimum absolute atomic E-state index is 0.130. The van der Waals surface area contributed by atoms with Gasteiger partial charge in [-0.05, 0) is 18.6 Å². The smallest absolute Gasteiger partial charge is 0.143 e. The van der Waals surface area contributed by atoms with E-state index in [9.17, 15) is 9.18 Å². The lowest BCUT2D eigenvalue weighted by molar-refractivity contribution is -0.116. The fourth-order valence-corrected chi connectivity index (χ4v) is 2.05. The summed E-state index contributed by atoms with van der Waals surface area (Å²) in [5.74, 6) is 0.187. The normalized spacial score (nSPS) is 10.4. The lowest BCUT2D eigenvalue weighted by atomic mass is 10.2. The minimum Gasteiger partial charge on any atom is -0.385 e. The molecule has 0 aliphatic heterocycles. The maximum atomic E-state index is 13.2. The van der Waals surface area contributed by atoms with Crippen LogP contribution in [0.2, 0.25) is 0 Å². The Balaban J connectivity index is 2.29. The van der Waals surface area contributed by atoms with Crippen LogP contribution in [0, 0.1) is 5.82 Å². The molecule has 0 N–H and O–H groups in total. The molecule has 0 spiro atoms. The zero-order valence-corrected chi connectivity index (χ0v) is 10.1. The largest absolute Gasteiger partial charge is 0.385 e. The highest BCUT2D eigenvalue weighted by Crippen LogP contribution is 2.21. The van der Waals surface area contributed by atoms with Crippen LogP contribution in [0.4, 0.5) is 4.39 Å². The number of ether oxygens (including phenoxy) is 1. The van der Waals surface area contributed by atoms with Crippen molar-refractivity contribution < 1.29 is 13.9 Å². The number of hydrogen-bond donors (Lipinski definition) is 0. The van der Waals surface area contributed by atoms with Gasteiger partial charge in [0.25, 0.3) is 0 Å². The number of hydrogen-bond acceptors (Lipinski definition) is 3. The number of ketones is 1. The Kier molecular flexibility index (Phi) is 6.11. The molecule has 1 aromatic rings. The molecule has 16 heavy (non-hydrogen) atoms. The fourth-order valence-electron chi connectivity index (χ4n) is 1.21. The topological polar surface area (TPSA) is 26.3 Å². The van der Waals surface area contributed by atoms with Crippen LogP contribution >= 0.6 is 11.8 Å².